The van der Waals surface area contributed by atoms with Crippen molar-refractivity contribution < 1.29 is 13.6 Å². The van der Waals surface area contributed by atoms with Crippen LogP contribution in [-0.4, -0.2) is 34.2 Å². The number of urea groups is 1. The van der Waals surface area contributed by atoms with Gasteiger partial charge in [0.15, 0.2) is 0 Å². The zero-order valence-electron chi connectivity index (χ0n) is 14.5. The Morgan fingerprint density at radius 2 is 1.96 bits per heavy atom. The van der Waals surface area contributed by atoms with E-state index in [1.165, 1.54) is 29.8 Å². The molecule has 0 unspecified atom stereocenters. The lowest BCUT2D eigenvalue weighted by atomic mass is 9.83. The van der Waals surface area contributed by atoms with Gasteiger partial charge in [0.2, 0.25) is 5.89 Å². The van der Waals surface area contributed by atoms with Crippen molar-refractivity contribution in [3.05, 3.63) is 41.7 Å². The average Bonchev–Trinajstić information content (AvgIpc) is 3.03. The van der Waals surface area contributed by atoms with Gasteiger partial charge in [-0.3, -0.25) is 5.32 Å². The van der Waals surface area contributed by atoms with Crippen LogP contribution in [-0.2, 0) is 0 Å². The van der Waals surface area contributed by atoms with Crippen molar-refractivity contribution in [2.24, 2.45) is 5.41 Å². The molecule has 0 radical (unpaired) electrons. The number of halogens is 1. The van der Waals surface area contributed by atoms with Gasteiger partial charge in [-0.2, -0.15) is 0 Å². The zero-order chi connectivity index (χ0) is 18.0. The fraction of sp³-hybridized carbons (Fsp3) is 0.389. The summed E-state index contributed by atoms with van der Waals surface area (Å²) in [6, 6.07) is 5.44. The SMILES string of the molecule is CC(C)(C)C1=CCN(C(=O)Nc2nnc(-c3ccc(F)cc3)o2)CC1. The van der Waals surface area contributed by atoms with Gasteiger partial charge in [0, 0.05) is 18.7 Å². The van der Waals surface area contributed by atoms with Crippen molar-refractivity contribution in [3.63, 3.8) is 0 Å². The minimum absolute atomic E-state index is 0.0231. The molecule has 25 heavy (non-hydrogen) atoms. The van der Waals surface area contributed by atoms with Crippen LogP contribution in [0, 0.1) is 11.2 Å². The first-order valence-electron chi connectivity index (χ1n) is 8.18. The van der Waals surface area contributed by atoms with Crippen LogP contribution in [0.2, 0.25) is 0 Å². The molecule has 1 aromatic carbocycles. The predicted octanol–water partition coefficient (Wildman–Crippen LogP) is 4.09. The van der Waals surface area contributed by atoms with Gasteiger partial charge < -0.3 is 9.32 Å². The third-order valence-electron chi connectivity index (χ3n) is 4.19. The Labute approximate surface area is 145 Å². The summed E-state index contributed by atoms with van der Waals surface area (Å²) in [5.41, 5.74) is 2.07. The molecule has 0 fully saturated rings. The number of nitrogens with zero attached hydrogens (tertiary/aromatic N) is 3. The third kappa shape index (κ3) is 4.04. The largest absolute Gasteiger partial charge is 0.403 e. The van der Waals surface area contributed by atoms with E-state index < -0.39 is 0 Å². The summed E-state index contributed by atoms with van der Waals surface area (Å²) in [5, 5.41) is 10.3. The molecule has 0 bridgehead atoms. The van der Waals surface area contributed by atoms with Gasteiger partial charge in [-0.15, -0.1) is 5.10 Å². The van der Waals surface area contributed by atoms with Crippen LogP contribution in [0.4, 0.5) is 15.2 Å². The van der Waals surface area contributed by atoms with E-state index in [-0.39, 0.29) is 29.2 Å². The summed E-state index contributed by atoms with van der Waals surface area (Å²) < 4.78 is 18.4. The number of anilines is 1. The molecule has 0 saturated heterocycles. The average molecular weight is 344 g/mol. The van der Waals surface area contributed by atoms with Gasteiger partial charge in [0.1, 0.15) is 5.82 Å². The van der Waals surface area contributed by atoms with Crippen molar-refractivity contribution in [2.75, 3.05) is 18.4 Å². The summed E-state index contributed by atoms with van der Waals surface area (Å²) in [7, 11) is 0. The molecular weight excluding hydrogens is 323 g/mol. The maximum absolute atomic E-state index is 13.0. The number of hydrogen-bond donors (Lipinski definition) is 1. The second kappa shape index (κ2) is 6.66. The minimum atomic E-state index is -0.343. The highest BCUT2D eigenvalue weighted by Gasteiger charge is 2.24. The lowest BCUT2D eigenvalue weighted by Gasteiger charge is -2.31. The fourth-order valence-corrected chi connectivity index (χ4v) is 2.69. The van der Waals surface area contributed by atoms with Crippen LogP contribution < -0.4 is 5.32 Å². The topological polar surface area (TPSA) is 71.3 Å². The lowest BCUT2D eigenvalue weighted by Crippen LogP contribution is -2.39. The monoisotopic (exact) mass is 344 g/mol. The Bertz CT molecular complexity index is 790. The number of amides is 2. The van der Waals surface area contributed by atoms with Crippen LogP contribution >= 0.6 is 0 Å². The van der Waals surface area contributed by atoms with Gasteiger partial charge in [-0.05, 0) is 36.1 Å². The van der Waals surface area contributed by atoms with Gasteiger partial charge in [0.05, 0.1) is 0 Å². The normalized spacial score (nSPS) is 15.0. The van der Waals surface area contributed by atoms with Crippen molar-refractivity contribution in [2.45, 2.75) is 27.2 Å². The number of hydrogen-bond acceptors (Lipinski definition) is 4. The van der Waals surface area contributed by atoms with Crippen LogP contribution in [0.5, 0.6) is 0 Å². The highest BCUT2D eigenvalue weighted by molar-refractivity contribution is 5.87. The Balaban J connectivity index is 1.63. The summed E-state index contributed by atoms with van der Waals surface area (Å²) in [6.45, 7) is 7.71. The van der Waals surface area contributed by atoms with Gasteiger partial charge in [-0.25, -0.2) is 9.18 Å². The van der Waals surface area contributed by atoms with E-state index >= 15 is 0 Å². The molecule has 1 aromatic heterocycles. The smallest absolute Gasteiger partial charge is 0.325 e. The van der Waals surface area contributed by atoms with Crippen LogP contribution in [0.25, 0.3) is 11.5 Å². The van der Waals surface area contributed by atoms with Gasteiger partial charge in [-0.1, -0.05) is 37.5 Å². The van der Waals surface area contributed by atoms with Crippen LogP contribution in [0.3, 0.4) is 0 Å². The van der Waals surface area contributed by atoms with Gasteiger partial charge >= 0.3 is 12.0 Å². The molecule has 1 aliphatic rings. The number of benzene rings is 1. The minimum Gasteiger partial charge on any atom is -0.403 e. The molecule has 2 heterocycles. The predicted molar refractivity (Wildman–Crippen MR) is 92.4 cm³/mol. The molecule has 7 heteroatoms. The lowest BCUT2D eigenvalue weighted by molar-refractivity contribution is 0.213. The van der Waals surface area contributed by atoms with Crippen LogP contribution in [0.1, 0.15) is 27.2 Å². The maximum Gasteiger partial charge on any atom is 0.325 e. The van der Waals surface area contributed by atoms with Crippen molar-refractivity contribution >= 4 is 12.0 Å². The molecule has 1 aliphatic heterocycles. The molecule has 0 spiro atoms. The first-order valence-corrected chi connectivity index (χ1v) is 8.18. The first-order chi connectivity index (χ1) is 11.8. The molecule has 0 saturated carbocycles. The zero-order valence-corrected chi connectivity index (χ0v) is 14.5. The molecule has 2 amide bonds. The summed E-state index contributed by atoms with van der Waals surface area (Å²) in [6.07, 6.45) is 2.95. The van der Waals surface area contributed by atoms with E-state index in [0.717, 1.165) is 6.42 Å². The summed E-state index contributed by atoms with van der Waals surface area (Å²) >= 11 is 0. The highest BCUT2D eigenvalue weighted by atomic mass is 19.1. The fourth-order valence-electron chi connectivity index (χ4n) is 2.69. The number of aromatic nitrogens is 2. The Hall–Kier alpha value is -2.70. The van der Waals surface area contributed by atoms with E-state index in [9.17, 15) is 9.18 Å². The van der Waals surface area contributed by atoms with E-state index in [1.54, 1.807) is 4.90 Å². The quantitative estimate of drug-likeness (QED) is 0.833. The highest BCUT2D eigenvalue weighted by Crippen LogP contribution is 2.30. The number of rotatable bonds is 2. The Morgan fingerprint density at radius 1 is 1.24 bits per heavy atom. The standard InChI is InChI=1S/C18H21FN4O2/c1-18(2,3)13-8-10-23(11-9-13)17(24)20-16-22-21-15(25-16)12-4-6-14(19)7-5-12/h4-8H,9-11H2,1-3H3,(H,20,22,24). The van der Waals surface area contributed by atoms with E-state index in [1.807, 2.05) is 0 Å². The van der Waals surface area contributed by atoms with E-state index in [0.29, 0.717) is 18.7 Å². The molecular formula is C18H21FN4O2. The molecule has 1 N–H and O–H groups in total. The Morgan fingerprint density at radius 3 is 2.56 bits per heavy atom. The first kappa shape index (κ1) is 17.1. The maximum atomic E-state index is 13.0. The number of nitrogens with one attached hydrogen (secondary N) is 1. The summed E-state index contributed by atoms with van der Waals surface area (Å²) in [4.78, 5) is 14.0. The molecule has 3 rings (SSSR count). The Kier molecular flexibility index (Phi) is 4.57. The van der Waals surface area contributed by atoms with Crippen molar-refractivity contribution in [1.82, 2.24) is 15.1 Å². The molecule has 132 valence electrons. The number of carbonyl (C=O) groups is 1. The van der Waals surface area contributed by atoms with Crippen molar-refractivity contribution in [3.8, 4) is 11.5 Å². The third-order valence-corrected chi connectivity index (χ3v) is 4.19. The van der Waals surface area contributed by atoms with E-state index in [2.05, 4.69) is 42.4 Å². The van der Waals surface area contributed by atoms with Crippen LogP contribution in [0.15, 0.2) is 40.3 Å². The second-order valence-corrected chi connectivity index (χ2v) is 7.02. The van der Waals surface area contributed by atoms with Gasteiger partial charge in [0.25, 0.3) is 0 Å². The molecule has 0 atom stereocenters. The molecule has 6 nitrogen and oxygen atoms in total. The summed E-state index contributed by atoms with van der Waals surface area (Å²) in [5.74, 6) is -0.117. The molecule has 0 aliphatic carbocycles. The second-order valence-electron chi connectivity index (χ2n) is 7.02. The van der Waals surface area contributed by atoms with E-state index in [4.69, 9.17) is 4.42 Å². The number of carbonyl (C=O) groups excluding carboxylic acids is 1. The molecule has 2 aromatic rings. The van der Waals surface area contributed by atoms with Crippen molar-refractivity contribution in [1.29, 1.82) is 0 Å².